The molecule has 3 heterocycles. The Morgan fingerprint density at radius 3 is 3.10 bits per heavy atom. The number of anilines is 1. The third-order valence-electron chi connectivity index (χ3n) is 4.08. The Balaban J connectivity index is 1.72. The number of fused-ring (bicyclic) bond motifs is 2. The molecule has 2 unspecified atom stereocenters. The quantitative estimate of drug-likeness (QED) is 0.907. The molecule has 1 amide bonds. The smallest absolute Gasteiger partial charge is 0.407 e. The van der Waals surface area contributed by atoms with Crippen LogP contribution in [0.3, 0.4) is 0 Å². The van der Waals surface area contributed by atoms with Gasteiger partial charge in [0.2, 0.25) is 0 Å². The van der Waals surface area contributed by atoms with Crippen LogP contribution in [0.1, 0.15) is 0 Å². The van der Waals surface area contributed by atoms with Gasteiger partial charge >= 0.3 is 6.09 Å². The van der Waals surface area contributed by atoms with E-state index in [1.54, 1.807) is 13.3 Å². The molecule has 108 valence electrons. The van der Waals surface area contributed by atoms with Crippen LogP contribution >= 0.6 is 0 Å². The third kappa shape index (κ3) is 1.94. The van der Waals surface area contributed by atoms with Crippen LogP contribution in [0.4, 0.5) is 10.6 Å². The first-order chi connectivity index (χ1) is 10.2. The fourth-order valence-electron chi connectivity index (χ4n) is 3.04. The average Bonchev–Trinajstić information content (AvgIpc) is 3.03. The molecule has 0 spiro atoms. The maximum atomic E-state index is 11.2. The lowest BCUT2D eigenvalue weighted by Crippen LogP contribution is -2.32. The molecule has 21 heavy (non-hydrogen) atoms. The number of pyridine rings is 1. The lowest BCUT2D eigenvalue weighted by Gasteiger charge is -2.20. The van der Waals surface area contributed by atoms with Gasteiger partial charge in [0.15, 0.2) is 0 Å². The zero-order valence-corrected chi connectivity index (χ0v) is 11.6. The molecule has 2 atom stereocenters. The number of hydrogen-bond acceptors (Lipinski definition) is 5. The van der Waals surface area contributed by atoms with Crippen LogP contribution in [-0.4, -0.2) is 43.4 Å². The summed E-state index contributed by atoms with van der Waals surface area (Å²) in [5, 5.41) is 4.99. The first-order valence-corrected chi connectivity index (χ1v) is 6.89. The summed E-state index contributed by atoms with van der Waals surface area (Å²) in [7, 11) is 1.65. The van der Waals surface area contributed by atoms with E-state index in [-0.39, 0.29) is 18.2 Å². The minimum atomic E-state index is -0.322. The van der Waals surface area contributed by atoms with Crippen molar-refractivity contribution in [1.82, 2.24) is 10.3 Å². The molecule has 2 aromatic rings. The van der Waals surface area contributed by atoms with E-state index in [9.17, 15) is 4.79 Å². The molecule has 6 heteroatoms. The lowest BCUT2D eigenvalue weighted by atomic mass is 10.1. The highest BCUT2D eigenvalue weighted by Crippen LogP contribution is 2.31. The van der Waals surface area contributed by atoms with Gasteiger partial charge in [-0.2, -0.15) is 0 Å². The summed E-state index contributed by atoms with van der Waals surface area (Å²) < 4.78 is 10.6. The van der Waals surface area contributed by atoms with Crippen molar-refractivity contribution < 1.29 is 14.3 Å². The molecule has 0 radical (unpaired) electrons. The molecule has 0 saturated carbocycles. The summed E-state index contributed by atoms with van der Waals surface area (Å²) in [6.07, 6.45) is 1.38. The van der Waals surface area contributed by atoms with E-state index in [1.807, 2.05) is 24.3 Å². The third-order valence-corrected chi connectivity index (χ3v) is 4.08. The Labute approximate surface area is 121 Å². The van der Waals surface area contributed by atoms with Crippen molar-refractivity contribution in [2.75, 3.05) is 25.1 Å². The Morgan fingerprint density at radius 2 is 2.29 bits per heavy atom. The van der Waals surface area contributed by atoms with Crippen LogP contribution < -0.4 is 15.0 Å². The summed E-state index contributed by atoms with van der Waals surface area (Å²) in [5.41, 5.74) is 0. The van der Waals surface area contributed by atoms with Crippen molar-refractivity contribution >= 4 is 22.7 Å². The van der Waals surface area contributed by atoms with E-state index < -0.39 is 0 Å². The second-order valence-corrected chi connectivity index (χ2v) is 5.32. The van der Waals surface area contributed by atoms with Crippen molar-refractivity contribution in [3.63, 3.8) is 0 Å². The van der Waals surface area contributed by atoms with Crippen molar-refractivity contribution in [1.29, 1.82) is 0 Å². The molecule has 2 aliphatic rings. The zero-order chi connectivity index (χ0) is 14.4. The summed E-state index contributed by atoms with van der Waals surface area (Å²) in [4.78, 5) is 17.9. The predicted octanol–water partition coefficient (Wildman–Crippen LogP) is 1.54. The standard InChI is InChI=1S/C15H15N3O3/c1-20-10-3-2-9-4-5-16-14(11(9)6-10)18-7-12-13(8-18)21-15(19)17-12/h2-6,12-13H,7-8H2,1H3,(H,17,19). The summed E-state index contributed by atoms with van der Waals surface area (Å²) in [5.74, 6) is 1.71. The van der Waals surface area contributed by atoms with Crippen molar-refractivity contribution in [2.24, 2.45) is 0 Å². The second-order valence-electron chi connectivity index (χ2n) is 5.32. The molecule has 0 bridgehead atoms. The van der Waals surface area contributed by atoms with Crippen LogP contribution in [0, 0.1) is 0 Å². The largest absolute Gasteiger partial charge is 0.497 e. The van der Waals surface area contributed by atoms with Crippen LogP contribution in [0.2, 0.25) is 0 Å². The molecular formula is C15H15N3O3. The second kappa shape index (κ2) is 4.51. The number of ether oxygens (including phenoxy) is 2. The van der Waals surface area contributed by atoms with Crippen LogP contribution in [-0.2, 0) is 4.74 Å². The van der Waals surface area contributed by atoms with Gasteiger partial charge in [0, 0.05) is 18.1 Å². The highest BCUT2D eigenvalue weighted by Gasteiger charge is 2.42. The monoisotopic (exact) mass is 285 g/mol. The van der Waals surface area contributed by atoms with Crippen molar-refractivity contribution in [3.05, 3.63) is 30.5 Å². The number of nitrogens with one attached hydrogen (secondary N) is 1. The van der Waals surface area contributed by atoms with Crippen molar-refractivity contribution in [3.8, 4) is 5.75 Å². The van der Waals surface area contributed by atoms with Crippen LogP contribution in [0.15, 0.2) is 30.5 Å². The number of carbonyl (C=O) groups excluding carboxylic acids is 1. The number of carbonyl (C=O) groups is 1. The Morgan fingerprint density at radius 1 is 1.38 bits per heavy atom. The van der Waals surface area contributed by atoms with Gasteiger partial charge in [-0.25, -0.2) is 9.78 Å². The van der Waals surface area contributed by atoms with Crippen molar-refractivity contribution in [2.45, 2.75) is 12.1 Å². The van der Waals surface area contributed by atoms with Gasteiger partial charge < -0.3 is 19.7 Å². The molecule has 6 nitrogen and oxygen atoms in total. The minimum Gasteiger partial charge on any atom is -0.497 e. The molecule has 2 fully saturated rings. The first kappa shape index (κ1) is 12.3. The highest BCUT2D eigenvalue weighted by molar-refractivity contribution is 5.93. The van der Waals surface area contributed by atoms with Gasteiger partial charge in [-0.15, -0.1) is 0 Å². The number of methoxy groups -OCH3 is 1. The van der Waals surface area contributed by atoms with Gasteiger partial charge in [0.05, 0.1) is 19.7 Å². The number of alkyl carbamates (subject to hydrolysis) is 1. The Kier molecular flexibility index (Phi) is 2.63. The molecule has 2 saturated heterocycles. The number of hydrogen-bond donors (Lipinski definition) is 1. The summed E-state index contributed by atoms with van der Waals surface area (Å²) in [6, 6.07) is 7.97. The summed E-state index contributed by atoms with van der Waals surface area (Å²) in [6.45, 7) is 1.37. The van der Waals surface area contributed by atoms with Crippen LogP contribution in [0.5, 0.6) is 5.75 Å². The van der Waals surface area contributed by atoms with E-state index in [4.69, 9.17) is 9.47 Å². The predicted molar refractivity (Wildman–Crippen MR) is 77.7 cm³/mol. The first-order valence-electron chi connectivity index (χ1n) is 6.89. The molecule has 0 aliphatic carbocycles. The average molecular weight is 285 g/mol. The van der Waals surface area contributed by atoms with E-state index in [0.29, 0.717) is 13.1 Å². The van der Waals surface area contributed by atoms with E-state index in [0.717, 1.165) is 22.3 Å². The molecular weight excluding hydrogens is 270 g/mol. The van der Waals surface area contributed by atoms with Gasteiger partial charge in [-0.3, -0.25) is 0 Å². The molecule has 1 aromatic heterocycles. The maximum absolute atomic E-state index is 11.2. The Bertz CT molecular complexity index is 702. The van der Waals surface area contributed by atoms with Gasteiger partial charge in [-0.05, 0) is 23.6 Å². The molecule has 1 aromatic carbocycles. The SMILES string of the molecule is COc1ccc2ccnc(N3CC4NC(=O)OC4C3)c2c1. The van der Waals surface area contributed by atoms with Crippen LogP contribution in [0.25, 0.3) is 10.8 Å². The minimum absolute atomic E-state index is 0.0418. The molecule has 1 N–H and O–H groups in total. The van der Waals surface area contributed by atoms with E-state index >= 15 is 0 Å². The number of benzene rings is 1. The highest BCUT2D eigenvalue weighted by atomic mass is 16.6. The molecule has 4 rings (SSSR count). The Hall–Kier alpha value is -2.50. The summed E-state index contributed by atoms with van der Waals surface area (Å²) >= 11 is 0. The van der Waals surface area contributed by atoms with Gasteiger partial charge in [0.25, 0.3) is 0 Å². The zero-order valence-electron chi connectivity index (χ0n) is 11.6. The number of rotatable bonds is 2. The number of amides is 1. The fourth-order valence-corrected chi connectivity index (χ4v) is 3.04. The molecule has 2 aliphatic heterocycles. The van der Waals surface area contributed by atoms with E-state index in [2.05, 4.69) is 15.2 Å². The van der Waals surface area contributed by atoms with Gasteiger partial charge in [-0.1, -0.05) is 6.07 Å². The normalized spacial score (nSPS) is 23.9. The maximum Gasteiger partial charge on any atom is 0.407 e. The topological polar surface area (TPSA) is 63.7 Å². The lowest BCUT2D eigenvalue weighted by molar-refractivity contribution is 0.144. The number of nitrogens with zero attached hydrogens (tertiary/aromatic N) is 2. The number of aromatic nitrogens is 1. The van der Waals surface area contributed by atoms with Gasteiger partial charge in [0.1, 0.15) is 17.7 Å². The van der Waals surface area contributed by atoms with E-state index in [1.165, 1.54) is 0 Å². The fraction of sp³-hybridized carbons (Fsp3) is 0.333.